The van der Waals surface area contributed by atoms with Gasteiger partial charge >= 0.3 is 0 Å². The van der Waals surface area contributed by atoms with Crippen LogP contribution in [-0.2, 0) is 0 Å². The average Bonchev–Trinajstić information content (AvgIpc) is 2.42. The van der Waals surface area contributed by atoms with Gasteiger partial charge in [0, 0.05) is 23.9 Å². The number of hydrogen-bond acceptors (Lipinski definition) is 4. The summed E-state index contributed by atoms with van der Waals surface area (Å²) in [5, 5.41) is 13.0. The molecular formula is C15H18ClN3O. The smallest absolute Gasteiger partial charge is 0.161 e. The molecule has 2 rings (SSSR count). The number of nitrogens with zero attached hydrogens (tertiary/aromatic N) is 2. The van der Waals surface area contributed by atoms with Gasteiger partial charge in [-0.2, -0.15) is 0 Å². The molecule has 5 heteroatoms. The molecule has 0 amide bonds. The van der Waals surface area contributed by atoms with Crippen LogP contribution in [0.1, 0.15) is 32.4 Å². The van der Waals surface area contributed by atoms with E-state index in [4.69, 9.17) is 11.6 Å². The molecule has 0 aliphatic heterocycles. The molecule has 106 valence electrons. The summed E-state index contributed by atoms with van der Waals surface area (Å²) in [5.74, 6) is 1.77. The number of rotatable bonds is 4. The predicted molar refractivity (Wildman–Crippen MR) is 82.4 cm³/mol. The zero-order valence-electron chi connectivity index (χ0n) is 11.8. The van der Waals surface area contributed by atoms with Crippen molar-refractivity contribution in [1.29, 1.82) is 0 Å². The lowest BCUT2D eigenvalue weighted by atomic mass is 10.1. The molecule has 0 atom stereocenters. The van der Waals surface area contributed by atoms with Gasteiger partial charge in [-0.15, -0.1) is 0 Å². The molecule has 0 aliphatic rings. The van der Waals surface area contributed by atoms with E-state index in [9.17, 15) is 5.11 Å². The molecule has 0 unspecified atom stereocenters. The Bertz CT molecular complexity index is 614. The summed E-state index contributed by atoms with van der Waals surface area (Å²) in [7, 11) is 0. The van der Waals surface area contributed by atoms with Crippen LogP contribution in [0.4, 0.5) is 5.82 Å². The Morgan fingerprint density at radius 3 is 2.60 bits per heavy atom. The number of aromatic nitrogens is 2. The van der Waals surface area contributed by atoms with Gasteiger partial charge in [0.25, 0.3) is 0 Å². The number of aromatic hydroxyl groups is 1. The van der Waals surface area contributed by atoms with Gasteiger partial charge in [-0.05, 0) is 31.0 Å². The maximum absolute atomic E-state index is 9.49. The van der Waals surface area contributed by atoms with Gasteiger partial charge in [-0.25, -0.2) is 9.97 Å². The average molecular weight is 292 g/mol. The van der Waals surface area contributed by atoms with Gasteiger partial charge in [0.15, 0.2) is 5.82 Å². The van der Waals surface area contributed by atoms with E-state index < -0.39 is 0 Å². The second-order valence-electron chi connectivity index (χ2n) is 4.85. The van der Waals surface area contributed by atoms with Crippen molar-refractivity contribution < 1.29 is 5.11 Å². The number of phenols is 1. The first-order valence-electron chi connectivity index (χ1n) is 6.63. The van der Waals surface area contributed by atoms with Crippen LogP contribution in [0, 0.1) is 0 Å². The summed E-state index contributed by atoms with van der Waals surface area (Å²) in [6.07, 6.45) is 0. The third-order valence-corrected chi connectivity index (χ3v) is 3.20. The molecule has 1 heterocycles. The Hall–Kier alpha value is -1.81. The van der Waals surface area contributed by atoms with Crippen molar-refractivity contribution in [2.24, 2.45) is 0 Å². The first-order valence-corrected chi connectivity index (χ1v) is 7.00. The minimum absolute atomic E-state index is 0.0577. The summed E-state index contributed by atoms with van der Waals surface area (Å²) in [5.41, 5.74) is 1.75. The summed E-state index contributed by atoms with van der Waals surface area (Å²) < 4.78 is 0. The fourth-order valence-electron chi connectivity index (χ4n) is 1.81. The molecule has 2 aromatic rings. The predicted octanol–water partition coefficient (Wildman–Crippen LogP) is 4.06. The lowest BCUT2D eigenvalue weighted by Gasteiger charge is -2.11. The molecule has 4 nitrogen and oxygen atoms in total. The zero-order chi connectivity index (χ0) is 14.7. The number of phenolic OH excluding ortho intramolecular Hbond substituents is 1. The van der Waals surface area contributed by atoms with E-state index in [1.165, 1.54) is 0 Å². The van der Waals surface area contributed by atoms with E-state index in [2.05, 4.69) is 29.1 Å². The van der Waals surface area contributed by atoms with Crippen LogP contribution in [-0.4, -0.2) is 21.6 Å². The molecule has 0 fully saturated rings. The lowest BCUT2D eigenvalue weighted by molar-refractivity contribution is 0.475. The topological polar surface area (TPSA) is 58.0 Å². The molecule has 0 spiro atoms. The van der Waals surface area contributed by atoms with Crippen LogP contribution < -0.4 is 5.32 Å². The van der Waals surface area contributed by atoms with Crippen LogP contribution in [0.25, 0.3) is 11.4 Å². The van der Waals surface area contributed by atoms with E-state index in [1.54, 1.807) is 18.2 Å². The van der Waals surface area contributed by atoms with Gasteiger partial charge in [0.1, 0.15) is 11.6 Å². The highest BCUT2D eigenvalue weighted by molar-refractivity contribution is 6.32. The van der Waals surface area contributed by atoms with E-state index in [-0.39, 0.29) is 5.75 Å². The number of halogens is 1. The van der Waals surface area contributed by atoms with Crippen LogP contribution in [0.3, 0.4) is 0 Å². The summed E-state index contributed by atoms with van der Waals surface area (Å²) in [6, 6.07) is 6.94. The van der Waals surface area contributed by atoms with Crippen LogP contribution in [0.2, 0.25) is 5.02 Å². The molecule has 1 aromatic heterocycles. The molecule has 0 saturated carbocycles. The summed E-state index contributed by atoms with van der Waals surface area (Å²) in [6.45, 7) is 7.00. The van der Waals surface area contributed by atoms with Gasteiger partial charge in [-0.1, -0.05) is 25.4 Å². The number of benzene rings is 1. The Labute approximate surface area is 123 Å². The Morgan fingerprint density at radius 2 is 2.00 bits per heavy atom. The molecule has 20 heavy (non-hydrogen) atoms. The Kier molecular flexibility index (Phi) is 4.45. The summed E-state index contributed by atoms with van der Waals surface area (Å²) in [4.78, 5) is 9.05. The number of hydrogen-bond donors (Lipinski definition) is 2. The molecular weight excluding hydrogens is 274 g/mol. The molecule has 0 saturated heterocycles. The maximum Gasteiger partial charge on any atom is 0.161 e. The monoisotopic (exact) mass is 291 g/mol. The molecule has 0 aliphatic carbocycles. The van der Waals surface area contributed by atoms with Gasteiger partial charge in [-0.3, -0.25) is 0 Å². The van der Waals surface area contributed by atoms with Crippen molar-refractivity contribution in [1.82, 2.24) is 9.97 Å². The SMILES string of the molecule is CCNc1cc(C(C)C)nc(-c2ccc(O)c(Cl)c2)n1. The highest BCUT2D eigenvalue weighted by Crippen LogP contribution is 2.29. The molecule has 0 bridgehead atoms. The third-order valence-electron chi connectivity index (χ3n) is 2.90. The first-order chi connectivity index (χ1) is 9.51. The van der Waals surface area contributed by atoms with Crippen LogP contribution in [0.15, 0.2) is 24.3 Å². The second kappa shape index (κ2) is 6.09. The van der Waals surface area contributed by atoms with E-state index in [0.29, 0.717) is 16.8 Å². The van der Waals surface area contributed by atoms with Crippen molar-refractivity contribution in [3.8, 4) is 17.1 Å². The van der Waals surface area contributed by atoms with Crippen LogP contribution >= 0.6 is 11.6 Å². The van der Waals surface area contributed by atoms with E-state index in [1.807, 2.05) is 13.0 Å². The quantitative estimate of drug-likeness (QED) is 0.892. The Balaban J connectivity index is 2.51. The van der Waals surface area contributed by atoms with Gasteiger partial charge in [0.2, 0.25) is 0 Å². The minimum Gasteiger partial charge on any atom is -0.506 e. The van der Waals surface area contributed by atoms with Crippen molar-refractivity contribution in [2.75, 3.05) is 11.9 Å². The number of nitrogens with one attached hydrogen (secondary N) is 1. The summed E-state index contributed by atoms with van der Waals surface area (Å²) >= 11 is 5.95. The minimum atomic E-state index is 0.0577. The van der Waals surface area contributed by atoms with E-state index in [0.717, 1.165) is 23.6 Å². The molecule has 2 N–H and O–H groups in total. The lowest BCUT2D eigenvalue weighted by Crippen LogP contribution is -2.05. The highest BCUT2D eigenvalue weighted by atomic mass is 35.5. The fourth-order valence-corrected chi connectivity index (χ4v) is 1.99. The van der Waals surface area contributed by atoms with Crippen molar-refractivity contribution >= 4 is 17.4 Å². The second-order valence-corrected chi connectivity index (χ2v) is 5.26. The molecule has 1 aromatic carbocycles. The highest BCUT2D eigenvalue weighted by Gasteiger charge is 2.10. The fraction of sp³-hybridized carbons (Fsp3) is 0.333. The molecule has 0 radical (unpaired) electrons. The maximum atomic E-state index is 9.49. The first kappa shape index (κ1) is 14.6. The third kappa shape index (κ3) is 3.20. The van der Waals surface area contributed by atoms with Crippen molar-refractivity contribution in [3.63, 3.8) is 0 Å². The van der Waals surface area contributed by atoms with Crippen molar-refractivity contribution in [2.45, 2.75) is 26.7 Å². The van der Waals surface area contributed by atoms with Crippen molar-refractivity contribution in [3.05, 3.63) is 35.0 Å². The standard InChI is InChI=1S/C15H18ClN3O/c1-4-17-14-8-12(9(2)3)18-15(19-14)10-5-6-13(20)11(16)7-10/h5-9,20H,4H2,1-3H3,(H,17,18,19). The Morgan fingerprint density at radius 1 is 1.25 bits per heavy atom. The van der Waals surface area contributed by atoms with Crippen LogP contribution in [0.5, 0.6) is 5.75 Å². The van der Waals surface area contributed by atoms with Gasteiger partial charge in [0.05, 0.1) is 5.02 Å². The van der Waals surface area contributed by atoms with E-state index >= 15 is 0 Å². The number of anilines is 1. The zero-order valence-corrected chi connectivity index (χ0v) is 12.6. The largest absolute Gasteiger partial charge is 0.506 e. The van der Waals surface area contributed by atoms with Gasteiger partial charge < -0.3 is 10.4 Å². The normalized spacial score (nSPS) is 10.8.